The van der Waals surface area contributed by atoms with Crippen LogP contribution < -0.4 is 0 Å². The molecule has 0 bridgehead atoms. The topological polar surface area (TPSA) is 28.5 Å². The first-order valence-corrected chi connectivity index (χ1v) is 13.2. The van der Waals surface area contributed by atoms with Gasteiger partial charge in [0.25, 0.3) is 0 Å². The summed E-state index contributed by atoms with van der Waals surface area (Å²) in [5.41, 5.74) is 2.31. The van der Waals surface area contributed by atoms with Crippen molar-refractivity contribution in [3.63, 3.8) is 0 Å². The lowest BCUT2D eigenvalue weighted by molar-refractivity contribution is -0.137. The fourth-order valence-electron chi connectivity index (χ4n) is 5.43. The molecule has 4 aromatic rings. The standard InChI is InChI=1S/C31H31F4N3O/c1-2-36-14-16-37(17-15-36)30(39)19-27(23-6-5-7-24(18-23)31(33,34)35)28-21-38(29-9-4-3-8-26(28)29)20-22-10-12-25(32)13-11-22/h3-13,18,21,27H,2,14-17,19-20H2,1H3/t27-/m1/s1. The zero-order valence-corrected chi connectivity index (χ0v) is 21.8. The third kappa shape index (κ3) is 6.01. The molecule has 1 amide bonds. The van der Waals surface area contributed by atoms with Gasteiger partial charge in [-0.15, -0.1) is 0 Å². The van der Waals surface area contributed by atoms with Crippen LogP contribution in [0.3, 0.4) is 0 Å². The maximum absolute atomic E-state index is 13.7. The Labute approximate surface area is 225 Å². The van der Waals surface area contributed by atoms with Crippen molar-refractivity contribution in [2.45, 2.75) is 32.0 Å². The Kier molecular flexibility index (Phi) is 7.75. The van der Waals surface area contributed by atoms with Crippen LogP contribution >= 0.6 is 0 Å². The number of rotatable bonds is 7. The molecule has 5 rings (SSSR count). The van der Waals surface area contributed by atoms with Gasteiger partial charge in [-0.1, -0.05) is 55.5 Å². The van der Waals surface area contributed by atoms with E-state index in [0.717, 1.165) is 47.7 Å². The number of benzene rings is 3. The van der Waals surface area contributed by atoms with Crippen LogP contribution in [0.4, 0.5) is 17.6 Å². The summed E-state index contributed by atoms with van der Waals surface area (Å²) in [6, 6.07) is 19.3. The smallest absolute Gasteiger partial charge is 0.343 e. The Balaban J connectivity index is 1.55. The summed E-state index contributed by atoms with van der Waals surface area (Å²) in [4.78, 5) is 17.6. The van der Waals surface area contributed by atoms with E-state index in [1.54, 1.807) is 18.2 Å². The number of para-hydroxylation sites is 1. The SMILES string of the molecule is CCN1CCN(C(=O)C[C@H](c2cccc(C(F)(F)F)c2)c2cn(Cc3ccc(F)cc3)c3ccccc23)CC1. The fourth-order valence-corrected chi connectivity index (χ4v) is 5.43. The lowest BCUT2D eigenvalue weighted by Crippen LogP contribution is -2.48. The molecule has 0 N–H and O–H groups in total. The molecule has 2 heterocycles. The zero-order valence-electron chi connectivity index (χ0n) is 21.8. The van der Waals surface area contributed by atoms with E-state index in [1.165, 1.54) is 24.3 Å². The summed E-state index contributed by atoms with van der Waals surface area (Å²) in [5, 5.41) is 0.880. The van der Waals surface area contributed by atoms with Gasteiger partial charge < -0.3 is 14.4 Å². The second-order valence-corrected chi connectivity index (χ2v) is 10.1. The summed E-state index contributed by atoms with van der Waals surface area (Å²) in [7, 11) is 0. The Morgan fingerprint density at radius 2 is 1.64 bits per heavy atom. The van der Waals surface area contributed by atoms with Gasteiger partial charge in [-0.2, -0.15) is 13.2 Å². The van der Waals surface area contributed by atoms with Gasteiger partial charge in [-0.05, 0) is 47.5 Å². The molecule has 3 aromatic carbocycles. The van der Waals surface area contributed by atoms with Crippen molar-refractivity contribution in [2.24, 2.45) is 0 Å². The highest BCUT2D eigenvalue weighted by Gasteiger charge is 2.33. The minimum absolute atomic E-state index is 0.0662. The van der Waals surface area contributed by atoms with Crippen LogP contribution in [0, 0.1) is 5.82 Å². The molecule has 1 aromatic heterocycles. The number of aromatic nitrogens is 1. The minimum Gasteiger partial charge on any atom is -0.343 e. The van der Waals surface area contributed by atoms with Gasteiger partial charge in [0.2, 0.25) is 5.91 Å². The fraction of sp³-hybridized carbons (Fsp3) is 0.323. The van der Waals surface area contributed by atoms with Gasteiger partial charge in [-0.3, -0.25) is 4.79 Å². The van der Waals surface area contributed by atoms with E-state index >= 15 is 0 Å². The quantitative estimate of drug-likeness (QED) is 0.251. The second-order valence-electron chi connectivity index (χ2n) is 10.1. The Hall–Kier alpha value is -3.65. The van der Waals surface area contributed by atoms with Crippen molar-refractivity contribution >= 4 is 16.8 Å². The number of fused-ring (bicyclic) bond motifs is 1. The number of hydrogen-bond acceptors (Lipinski definition) is 2. The molecular weight excluding hydrogens is 506 g/mol. The van der Waals surface area contributed by atoms with Crippen molar-refractivity contribution in [3.05, 3.63) is 107 Å². The monoisotopic (exact) mass is 537 g/mol. The van der Waals surface area contributed by atoms with Crippen molar-refractivity contribution in [1.29, 1.82) is 0 Å². The van der Waals surface area contributed by atoms with Gasteiger partial charge in [0, 0.05) is 62.2 Å². The summed E-state index contributed by atoms with van der Waals surface area (Å²) in [6.07, 6.45) is -2.49. The molecular formula is C31H31F4N3O. The zero-order chi connectivity index (χ0) is 27.6. The molecule has 1 saturated heterocycles. The molecule has 0 radical (unpaired) electrons. The number of carbonyl (C=O) groups excluding carboxylic acids is 1. The number of piperazine rings is 1. The molecule has 0 saturated carbocycles. The first kappa shape index (κ1) is 26.9. The number of alkyl halides is 3. The number of likely N-dealkylation sites (N-methyl/N-ethyl adjacent to an activating group) is 1. The molecule has 1 atom stereocenters. The van der Waals surface area contributed by atoms with E-state index in [9.17, 15) is 22.4 Å². The summed E-state index contributed by atoms with van der Waals surface area (Å²) >= 11 is 0. The average molecular weight is 538 g/mol. The van der Waals surface area contributed by atoms with Crippen LogP contribution in [0.5, 0.6) is 0 Å². The Bertz CT molecular complexity index is 1440. The molecule has 39 heavy (non-hydrogen) atoms. The highest BCUT2D eigenvalue weighted by atomic mass is 19.4. The van der Waals surface area contributed by atoms with Gasteiger partial charge in [-0.25, -0.2) is 4.39 Å². The lowest BCUT2D eigenvalue weighted by atomic mass is 9.87. The van der Waals surface area contributed by atoms with Crippen LogP contribution in [0.25, 0.3) is 10.9 Å². The molecule has 0 unspecified atom stereocenters. The maximum Gasteiger partial charge on any atom is 0.416 e. The van der Waals surface area contributed by atoms with Gasteiger partial charge in [0.15, 0.2) is 0 Å². The number of nitrogens with zero attached hydrogens (tertiary/aromatic N) is 3. The molecule has 8 heteroatoms. The minimum atomic E-state index is -4.49. The first-order valence-electron chi connectivity index (χ1n) is 13.2. The van der Waals surface area contributed by atoms with Crippen molar-refractivity contribution in [2.75, 3.05) is 32.7 Å². The van der Waals surface area contributed by atoms with Crippen molar-refractivity contribution in [1.82, 2.24) is 14.4 Å². The number of hydrogen-bond donors (Lipinski definition) is 0. The van der Waals surface area contributed by atoms with Crippen LogP contribution in [0.15, 0.2) is 79.0 Å². The van der Waals surface area contributed by atoms with Gasteiger partial charge >= 0.3 is 6.18 Å². The normalized spacial score (nSPS) is 15.6. The van der Waals surface area contributed by atoms with E-state index in [2.05, 4.69) is 11.8 Å². The summed E-state index contributed by atoms with van der Waals surface area (Å²) in [6.45, 7) is 6.25. The molecule has 0 aliphatic carbocycles. The van der Waals surface area contributed by atoms with Crippen molar-refractivity contribution in [3.8, 4) is 0 Å². The third-order valence-corrected chi connectivity index (χ3v) is 7.63. The summed E-state index contributed by atoms with van der Waals surface area (Å²) < 4.78 is 56.5. The predicted molar refractivity (Wildman–Crippen MR) is 144 cm³/mol. The Morgan fingerprint density at radius 3 is 2.33 bits per heavy atom. The Morgan fingerprint density at radius 1 is 0.923 bits per heavy atom. The van der Waals surface area contributed by atoms with E-state index in [-0.39, 0.29) is 18.1 Å². The molecule has 1 aliphatic rings. The predicted octanol–water partition coefficient (Wildman–Crippen LogP) is 6.53. The molecule has 4 nitrogen and oxygen atoms in total. The van der Waals surface area contributed by atoms with Crippen LogP contribution in [-0.4, -0.2) is 53.0 Å². The highest BCUT2D eigenvalue weighted by molar-refractivity contribution is 5.87. The highest BCUT2D eigenvalue weighted by Crippen LogP contribution is 2.38. The largest absolute Gasteiger partial charge is 0.416 e. The van der Waals surface area contributed by atoms with Gasteiger partial charge in [0.05, 0.1) is 5.56 Å². The second kappa shape index (κ2) is 11.2. The lowest BCUT2D eigenvalue weighted by Gasteiger charge is -2.35. The number of amides is 1. The van der Waals surface area contributed by atoms with E-state index < -0.39 is 17.7 Å². The van der Waals surface area contributed by atoms with E-state index in [0.29, 0.717) is 25.2 Å². The van der Waals surface area contributed by atoms with Crippen LogP contribution in [0.1, 0.15) is 41.5 Å². The molecule has 1 aliphatic heterocycles. The van der Waals surface area contributed by atoms with Crippen molar-refractivity contribution < 1.29 is 22.4 Å². The summed E-state index contributed by atoms with van der Waals surface area (Å²) in [5.74, 6) is -0.952. The molecule has 0 spiro atoms. The van der Waals surface area contributed by atoms with E-state index in [1.807, 2.05) is 39.9 Å². The number of carbonyl (C=O) groups is 1. The van der Waals surface area contributed by atoms with E-state index in [4.69, 9.17) is 0 Å². The van der Waals surface area contributed by atoms with Crippen LogP contribution in [-0.2, 0) is 17.5 Å². The average Bonchev–Trinajstić information content (AvgIpc) is 3.30. The maximum atomic E-state index is 13.7. The first-order chi connectivity index (χ1) is 18.7. The third-order valence-electron chi connectivity index (χ3n) is 7.63. The number of halogens is 4. The van der Waals surface area contributed by atoms with Gasteiger partial charge in [0.1, 0.15) is 5.82 Å². The molecule has 1 fully saturated rings. The van der Waals surface area contributed by atoms with Crippen LogP contribution in [0.2, 0.25) is 0 Å². The molecule has 204 valence electrons.